The number of nitrogens with zero attached hydrogens (tertiary/aromatic N) is 3. The van der Waals surface area contributed by atoms with Crippen LogP contribution in [-0.2, 0) is 37.5 Å². The molecule has 1 fully saturated rings. The Morgan fingerprint density at radius 1 is 1.16 bits per heavy atom. The molecule has 1 amide bonds. The van der Waals surface area contributed by atoms with E-state index < -0.39 is 24.3 Å². The minimum Gasteiger partial charge on any atom is -0.453 e. The summed E-state index contributed by atoms with van der Waals surface area (Å²) in [6.07, 6.45) is 0.475. The molecule has 4 atom stereocenters. The van der Waals surface area contributed by atoms with E-state index in [1.54, 1.807) is 30.2 Å². The number of benzene rings is 2. The summed E-state index contributed by atoms with van der Waals surface area (Å²) in [7, 11) is 1.90. The predicted octanol–water partition coefficient (Wildman–Crippen LogP) is 3.54. The van der Waals surface area contributed by atoms with Crippen LogP contribution >= 0.6 is 11.8 Å². The Bertz CT molecular complexity index is 1200. The summed E-state index contributed by atoms with van der Waals surface area (Å²) in [5.41, 5.74) is 3.20. The van der Waals surface area contributed by atoms with E-state index in [2.05, 4.69) is 15.5 Å². The van der Waals surface area contributed by atoms with Crippen LogP contribution in [0.1, 0.15) is 49.4 Å². The Kier molecular flexibility index (Phi) is 8.93. The molecule has 37 heavy (non-hydrogen) atoms. The van der Waals surface area contributed by atoms with Gasteiger partial charge in [-0.05, 0) is 30.2 Å². The summed E-state index contributed by atoms with van der Waals surface area (Å²) < 4.78 is 19.5. The Morgan fingerprint density at radius 3 is 2.49 bits per heavy atom. The average molecular weight is 527 g/mol. The number of nitrogens with one attached hydrogen (secondary N) is 1. The van der Waals surface area contributed by atoms with Crippen molar-refractivity contribution < 1.29 is 28.9 Å². The normalized spacial score (nSPS) is 20.3. The third-order valence-electron chi connectivity index (χ3n) is 5.85. The molecule has 2 heterocycles. The number of hydrogen-bond acceptors (Lipinski definition) is 9. The first kappa shape index (κ1) is 26.8. The number of hydrogen-bond donors (Lipinski definition) is 2. The number of rotatable bonds is 9. The molecule has 0 spiro atoms. The quantitative estimate of drug-likeness (QED) is 0.318. The van der Waals surface area contributed by atoms with Gasteiger partial charge in [0, 0.05) is 37.4 Å². The summed E-state index contributed by atoms with van der Waals surface area (Å²) in [5.74, 6) is -0.266. The van der Waals surface area contributed by atoms with Crippen LogP contribution in [0.3, 0.4) is 0 Å². The van der Waals surface area contributed by atoms with Crippen LogP contribution in [0.25, 0.3) is 0 Å². The summed E-state index contributed by atoms with van der Waals surface area (Å²) in [6, 6.07) is 14.9. The number of thioether (sulfide) groups is 1. The van der Waals surface area contributed by atoms with Gasteiger partial charge in [-0.1, -0.05) is 48.2 Å². The second kappa shape index (κ2) is 12.3. The van der Waals surface area contributed by atoms with Gasteiger partial charge in [0.1, 0.15) is 6.33 Å². The first-order valence-electron chi connectivity index (χ1n) is 11.9. The number of carbonyl (C=O) groups excluding carboxylic acids is 2. The number of aliphatic hydroxyl groups excluding tert-OH is 1. The van der Waals surface area contributed by atoms with Crippen molar-refractivity contribution in [1.82, 2.24) is 14.8 Å². The number of anilines is 1. The molecule has 4 rings (SSSR count). The molecule has 0 aliphatic carbocycles. The standard InChI is InChI=1S/C26H30N4O6S/c1-16(34-17(2)32)24(33)28-21-10-8-20(9-11-21)25-35-22(14-37-26-29-27-15-30(26)3)12-23(36-25)19-6-4-18(13-31)5-7-19/h4-11,15-16,22-23,25,31H,12-14H2,1-3H3,(H,28,33). The fraction of sp³-hybridized carbons (Fsp3) is 0.385. The highest BCUT2D eigenvalue weighted by Gasteiger charge is 2.32. The summed E-state index contributed by atoms with van der Waals surface area (Å²) in [5, 5.41) is 21.0. The van der Waals surface area contributed by atoms with Gasteiger partial charge >= 0.3 is 5.97 Å². The Morgan fingerprint density at radius 2 is 1.86 bits per heavy atom. The highest BCUT2D eigenvalue weighted by Crippen LogP contribution is 2.39. The Labute approximate surface area is 219 Å². The van der Waals surface area contributed by atoms with Gasteiger partial charge in [0.25, 0.3) is 5.91 Å². The number of aryl methyl sites for hydroxylation is 1. The van der Waals surface area contributed by atoms with Crippen molar-refractivity contribution in [3.8, 4) is 0 Å². The Hall–Kier alpha value is -3.25. The van der Waals surface area contributed by atoms with Gasteiger partial charge in [-0.3, -0.25) is 9.59 Å². The van der Waals surface area contributed by atoms with E-state index in [-0.39, 0.29) is 18.8 Å². The van der Waals surface area contributed by atoms with Crippen LogP contribution in [-0.4, -0.2) is 49.7 Å². The third kappa shape index (κ3) is 7.16. The average Bonchev–Trinajstić information content (AvgIpc) is 3.31. The van der Waals surface area contributed by atoms with E-state index in [1.165, 1.54) is 13.8 Å². The van der Waals surface area contributed by atoms with E-state index in [0.29, 0.717) is 17.9 Å². The van der Waals surface area contributed by atoms with Crippen LogP contribution in [0, 0.1) is 0 Å². The molecule has 11 heteroatoms. The van der Waals surface area contributed by atoms with Gasteiger partial charge < -0.3 is 29.2 Å². The number of esters is 1. The van der Waals surface area contributed by atoms with Crippen LogP contribution in [0.4, 0.5) is 5.69 Å². The lowest BCUT2D eigenvalue weighted by Gasteiger charge is -2.36. The first-order chi connectivity index (χ1) is 17.8. The number of ether oxygens (including phenoxy) is 3. The molecule has 3 aromatic rings. The number of aromatic nitrogens is 3. The molecule has 0 saturated carbocycles. The van der Waals surface area contributed by atoms with E-state index >= 15 is 0 Å². The lowest BCUT2D eigenvalue weighted by atomic mass is 10.0. The molecule has 0 radical (unpaired) electrons. The zero-order chi connectivity index (χ0) is 26.4. The van der Waals surface area contributed by atoms with Crippen molar-refractivity contribution in [2.45, 2.75) is 56.6 Å². The first-order valence-corrected chi connectivity index (χ1v) is 12.9. The van der Waals surface area contributed by atoms with Crippen LogP contribution in [0.5, 0.6) is 0 Å². The highest BCUT2D eigenvalue weighted by atomic mass is 32.2. The van der Waals surface area contributed by atoms with Crippen LogP contribution in [0.15, 0.2) is 60.0 Å². The van der Waals surface area contributed by atoms with E-state index in [0.717, 1.165) is 21.8 Å². The van der Waals surface area contributed by atoms with Crippen LogP contribution < -0.4 is 5.32 Å². The molecule has 0 bridgehead atoms. The fourth-order valence-corrected chi connectivity index (χ4v) is 4.77. The molecule has 196 valence electrons. The maximum atomic E-state index is 12.2. The SMILES string of the molecule is CC(=O)OC(C)C(=O)Nc1ccc(C2OC(CSc3nncn3C)CC(c3ccc(CO)cc3)O2)cc1. The molecule has 1 saturated heterocycles. The van der Waals surface area contributed by atoms with Crippen molar-refractivity contribution in [3.05, 3.63) is 71.5 Å². The lowest BCUT2D eigenvalue weighted by molar-refractivity contribution is -0.245. The molecule has 10 nitrogen and oxygen atoms in total. The van der Waals surface area contributed by atoms with E-state index in [9.17, 15) is 14.7 Å². The van der Waals surface area contributed by atoms with Crippen molar-refractivity contribution in [3.63, 3.8) is 0 Å². The number of carbonyl (C=O) groups is 2. The van der Waals surface area contributed by atoms with Gasteiger partial charge in [-0.25, -0.2) is 0 Å². The second-order valence-electron chi connectivity index (χ2n) is 8.75. The van der Waals surface area contributed by atoms with Crippen molar-refractivity contribution in [2.75, 3.05) is 11.1 Å². The van der Waals surface area contributed by atoms with E-state index in [1.807, 2.05) is 48.0 Å². The highest BCUT2D eigenvalue weighted by molar-refractivity contribution is 7.99. The van der Waals surface area contributed by atoms with Gasteiger partial charge in [0.15, 0.2) is 17.6 Å². The van der Waals surface area contributed by atoms with Gasteiger partial charge in [0.05, 0.1) is 18.8 Å². The lowest BCUT2D eigenvalue weighted by Crippen LogP contribution is -2.31. The summed E-state index contributed by atoms with van der Waals surface area (Å²) in [6.45, 7) is 2.76. The third-order valence-corrected chi connectivity index (χ3v) is 7.01. The molecule has 1 aliphatic heterocycles. The molecule has 4 unspecified atom stereocenters. The van der Waals surface area contributed by atoms with Crippen molar-refractivity contribution >= 4 is 29.3 Å². The maximum Gasteiger partial charge on any atom is 0.303 e. The monoisotopic (exact) mass is 526 g/mol. The second-order valence-corrected chi connectivity index (χ2v) is 9.74. The van der Waals surface area contributed by atoms with E-state index in [4.69, 9.17) is 14.2 Å². The topological polar surface area (TPSA) is 125 Å². The predicted molar refractivity (Wildman–Crippen MR) is 136 cm³/mol. The van der Waals surface area contributed by atoms with Crippen molar-refractivity contribution in [2.24, 2.45) is 7.05 Å². The minimum absolute atomic E-state index is 0.0168. The smallest absolute Gasteiger partial charge is 0.303 e. The van der Waals surface area contributed by atoms with Crippen molar-refractivity contribution in [1.29, 1.82) is 0 Å². The molecule has 2 N–H and O–H groups in total. The fourth-order valence-electron chi connectivity index (χ4n) is 3.86. The molecular weight excluding hydrogens is 496 g/mol. The molecule has 2 aromatic carbocycles. The largest absolute Gasteiger partial charge is 0.453 e. The molecule has 1 aromatic heterocycles. The van der Waals surface area contributed by atoms with Gasteiger partial charge in [-0.15, -0.1) is 10.2 Å². The summed E-state index contributed by atoms with van der Waals surface area (Å²) >= 11 is 1.57. The molecular formula is C26H30N4O6S. The zero-order valence-corrected chi connectivity index (χ0v) is 21.7. The van der Waals surface area contributed by atoms with Gasteiger partial charge in [0.2, 0.25) is 0 Å². The Balaban J connectivity index is 1.47. The number of amides is 1. The zero-order valence-electron chi connectivity index (χ0n) is 20.9. The number of aliphatic hydroxyl groups is 1. The molecule has 1 aliphatic rings. The summed E-state index contributed by atoms with van der Waals surface area (Å²) in [4.78, 5) is 23.3. The van der Waals surface area contributed by atoms with Gasteiger partial charge in [-0.2, -0.15) is 0 Å². The van der Waals surface area contributed by atoms with Crippen LogP contribution in [0.2, 0.25) is 0 Å². The minimum atomic E-state index is -0.896. The maximum absolute atomic E-state index is 12.2.